The van der Waals surface area contributed by atoms with Gasteiger partial charge in [0.1, 0.15) is 12.1 Å². The highest BCUT2D eigenvalue weighted by molar-refractivity contribution is 7.98. The molecule has 0 aromatic heterocycles. The summed E-state index contributed by atoms with van der Waals surface area (Å²) >= 11 is 1.48. The minimum atomic E-state index is -0.908. The zero-order valence-corrected chi connectivity index (χ0v) is 20.6. The van der Waals surface area contributed by atoms with Gasteiger partial charge in [-0.2, -0.15) is 11.8 Å². The highest BCUT2D eigenvalue weighted by Gasteiger charge is 2.37. The second-order valence-electron chi connectivity index (χ2n) is 7.74. The van der Waals surface area contributed by atoms with E-state index < -0.39 is 47.5 Å². The normalized spacial score (nSPS) is 15.5. The Morgan fingerprint density at radius 3 is 2.11 bits per heavy atom. The molecule has 1 rings (SSSR count). The van der Waals surface area contributed by atoms with Crippen LogP contribution in [0.2, 0.25) is 0 Å². The van der Waals surface area contributed by atoms with Crippen molar-refractivity contribution in [1.82, 2.24) is 31.5 Å². The molecule has 2 atom stereocenters. The van der Waals surface area contributed by atoms with Crippen molar-refractivity contribution in [3.05, 3.63) is 0 Å². The van der Waals surface area contributed by atoms with Gasteiger partial charge in [0.05, 0.1) is 26.2 Å². The molecule has 7 amide bonds. The van der Waals surface area contributed by atoms with Crippen molar-refractivity contribution in [3.8, 4) is 0 Å². The minimum Gasteiger partial charge on any atom is -0.368 e. The second-order valence-corrected chi connectivity index (χ2v) is 8.72. The number of amides is 7. The largest absolute Gasteiger partial charge is 0.368 e. The van der Waals surface area contributed by atoms with Gasteiger partial charge in [-0.25, -0.2) is 0 Å². The van der Waals surface area contributed by atoms with Crippen LogP contribution in [-0.4, -0.2) is 103 Å². The molecular weight excluding hydrogens is 482 g/mol. The van der Waals surface area contributed by atoms with Crippen molar-refractivity contribution in [3.63, 3.8) is 0 Å². The van der Waals surface area contributed by atoms with Crippen molar-refractivity contribution < 1.29 is 33.6 Å². The molecule has 0 spiro atoms. The number of rotatable bonds is 14. The Balaban J connectivity index is 2.68. The Morgan fingerprint density at radius 1 is 0.914 bits per heavy atom. The molecule has 196 valence electrons. The zero-order chi connectivity index (χ0) is 26.4. The second kappa shape index (κ2) is 15.5. The summed E-state index contributed by atoms with van der Waals surface area (Å²) in [5.41, 5.74) is 4.95. The third-order valence-corrected chi connectivity index (χ3v) is 5.55. The molecule has 0 aliphatic carbocycles. The maximum absolute atomic E-state index is 13.2. The SMILES string of the molecule is CSCC[C@H](NC(=O)CNC(=O)CNC(C)=O)C(=O)N1CCC[C@H]1C(=O)NCC(=O)NCC(N)=O. The van der Waals surface area contributed by atoms with Crippen LogP contribution in [0.15, 0.2) is 0 Å². The van der Waals surface area contributed by atoms with E-state index in [4.69, 9.17) is 5.73 Å². The first-order valence-corrected chi connectivity index (χ1v) is 12.4. The quantitative estimate of drug-likeness (QED) is 0.135. The summed E-state index contributed by atoms with van der Waals surface area (Å²) in [5.74, 6) is -3.25. The fourth-order valence-electron chi connectivity index (χ4n) is 3.22. The van der Waals surface area contributed by atoms with E-state index in [1.807, 2.05) is 6.26 Å². The van der Waals surface area contributed by atoms with Crippen LogP contribution < -0.4 is 32.3 Å². The first-order chi connectivity index (χ1) is 16.5. The Bertz CT molecular complexity index is 824. The Hall–Kier alpha value is -3.36. The summed E-state index contributed by atoms with van der Waals surface area (Å²) in [5, 5.41) is 12.0. The van der Waals surface area contributed by atoms with Gasteiger partial charge >= 0.3 is 0 Å². The Kier molecular flexibility index (Phi) is 13.2. The highest BCUT2D eigenvalue weighted by atomic mass is 32.2. The molecule has 15 heteroatoms. The number of hydrogen-bond donors (Lipinski definition) is 6. The van der Waals surface area contributed by atoms with Crippen molar-refractivity contribution in [2.75, 3.05) is 44.7 Å². The van der Waals surface area contributed by atoms with Gasteiger partial charge in [-0.1, -0.05) is 0 Å². The molecule has 1 saturated heterocycles. The van der Waals surface area contributed by atoms with Crippen LogP contribution >= 0.6 is 11.8 Å². The molecule has 0 unspecified atom stereocenters. The summed E-state index contributed by atoms with van der Waals surface area (Å²) in [6.45, 7) is 0.174. The first-order valence-electron chi connectivity index (χ1n) is 11.0. The van der Waals surface area contributed by atoms with Gasteiger partial charge in [0.15, 0.2) is 0 Å². The highest BCUT2D eigenvalue weighted by Crippen LogP contribution is 2.19. The van der Waals surface area contributed by atoms with Crippen LogP contribution in [0.4, 0.5) is 0 Å². The van der Waals surface area contributed by atoms with E-state index in [9.17, 15) is 33.6 Å². The molecule has 0 aromatic rings. The van der Waals surface area contributed by atoms with E-state index in [1.165, 1.54) is 23.6 Å². The smallest absolute Gasteiger partial charge is 0.245 e. The number of nitrogens with one attached hydrogen (secondary N) is 5. The maximum Gasteiger partial charge on any atom is 0.245 e. The molecule has 0 radical (unpaired) electrons. The summed E-state index contributed by atoms with van der Waals surface area (Å²) in [4.78, 5) is 84.4. The minimum absolute atomic E-state index is 0.275. The number of thioether (sulfide) groups is 1. The fourth-order valence-corrected chi connectivity index (χ4v) is 3.69. The topological polar surface area (TPSA) is 209 Å². The van der Waals surface area contributed by atoms with Crippen molar-refractivity contribution in [1.29, 1.82) is 0 Å². The Labute approximate surface area is 207 Å². The van der Waals surface area contributed by atoms with E-state index in [-0.39, 0.29) is 32.1 Å². The number of primary amides is 1. The summed E-state index contributed by atoms with van der Waals surface area (Å²) < 4.78 is 0. The number of likely N-dealkylation sites (tertiary alicyclic amines) is 1. The third kappa shape index (κ3) is 11.6. The lowest BCUT2D eigenvalue weighted by Gasteiger charge is -2.28. The average molecular weight is 516 g/mol. The molecule has 1 aliphatic rings. The zero-order valence-electron chi connectivity index (χ0n) is 19.8. The molecular formula is C20H33N7O7S. The number of carbonyl (C=O) groups is 7. The predicted molar refractivity (Wildman–Crippen MR) is 127 cm³/mol. The molecule has 7 N–H and O–H groups in total. The summed E-state index contributed by atoms with van der Waals surface area (Å²) in [7, 11) is 0. The van der Waals surface area contributed by atoms with Crippen LogP contribution in [0.3, 0.4) is 0 Å². The van der Waals surface area contributed by atoms with Gasteiger partial charge in [-0.05, 0) is 31.3 Å². The van der Waals surface area contributed by atoms with Crippen molar-refractivity contribution >= 4 is 53.1 Å². The van der Waals surface area contributed by atoms with Crippen LogP contribution in [-0.2, 0) is 33.6 Å². The lowest BCUT2D eigenvalue weighted by atomic mass is 10.1. The average Bonchev–Trinajstić information content (AvgIpc) is 3.30. The van der Waals surface area contributed by atoms with Gasteiger partial charge < -0.3 is 37.2 Å². The van der Waals surface area contributed by atoms with E-state index in [1.54, 1.807) is 0 Å². The fraction of sp³-hybridized carbons (Fsp3) is 0.650. The standard InChI is InChI=1S/C20H33N7O7S/c1-12(28)22-9-16(30)24-11-18(32)26-13(5-7-35-2)20(34)27-6-3-4-14(27)19(33)25-10-17(31)23-8-15(21)29/h13-14H,3-11H2,1-2H3,(H2,21,29)(H,22,28)(H,23,31)(H,24,30)(H,25,33)(H,26,32)/t13-,14-/m0/s1. The van der Waals surface area contributed by atoms with Crippen molar-refractivity contribution in [2.24, 2.45) is 5.73 Å². The number of nitrogens with zero attached hydrogens (tertiary/aromatic N) is 1. The number of carbonyl (C=O) groups excluding carboxylic acids is 7. The number of hydrogen-bond acceptors (Lipinski definition) is 8. The summed E-state index contributed by atoms with van der Waals surface area (Å²) in [6.07, 6.45) is 3.12. The van der Waals surface area contributed by atoms with E-state index in [0.29, 0.717) is 31.6 Å². The van der Waals surface area contributed by atoms with Crippen molar-refractivity contribution in [2.45, 2.75) is 38.3 Å². The molecule has 0 bridgehead atoms. The predicted octanol–water partition coefficient (Wildman–Crippen LogP) is -3.81. The van der Waals surface area contributed by atoms with Crippen LogP contribution in [0.5, 0.6) is 0 Å². The van der Waals surface area contributed by atoms with E-state index >= 15 is 0 Å². The monoisotopic (exact) mass is 515 g/mol. The Morgan fingerprint density at radius 2 is 1.51 bits per heavy atom. The van der Waals surface area contributed by atoms with Crippen LogP contribution in [0.25, 0.3) is 0 Å². The molecule has 1 aliphatic heterocycles. The molecule has 0 aromatic carbocycles. The number of nitrogens with two attached hydrogens (primary N) is 1. The van der Waals surface area contributed by atoms with Crippen LogP contribution in [0.1, 0.15) is 26.2 Å². The third-order valence-electron chi connectivity index (χ3n) is 4.91. The van der Waals surface area contributed by atoms with Gasteiger partial charge in [0.2, 0.25) is 41.4 Å². The molecule has 35 heavy (non-hydrogen) atoms. The maximum atomic E-state index is 13.2. The molecule has 0 saturated carbocycles. The lowest BCUT2D eigenvalue weighted by molar-refractivity contribution is -0.141. The van der Waals surface area contributed by atoms with E-state index in [0.717, 1.165) is 0 Å². The van der Waals surface area contributed by atoms with E-state index in [2.05, 4.69) is 26.6 Å². The van der Waals surface area contributed by atoms with Gasteiger partial charge in [-0.3, -0.25) is 33.6 Å². The molecule has 1 heterocycles. The lowest BCUT2D eigenvalue weighted by Crippen LogP contribution is -2.55. The molecule has 1 fully saturated rings. The van der Waals surface area contributed by atoms with Gasteiger partial charge in [-0.15, -0.1) is 0 Å². The van der Waals surface area contributed by atoms with Gasteiger partial charge in [0, 0.05) is 13.5 Å². The van der Waals surface area contributed by atoms with Crippen LogP contribution in [0, 0.1) is 0 Å². The van der Waals surface area contributed by atoms with Gasteiger partial charge in [0.25, 0.3) is 0 Å². The summed E-state index contributed by atoms with van der Waals surface area (Å²) in [6, 6.07) is -1.72. The first kappa shape index (κ1) is 29.7. The molecule has 14 nitrogen and oxygen atoms in total.